The van der Waals surface area contributed by atoms with E-state index in [0.29, 0.717) is 39.0 Å². The van der Waals surface area contributed by atoms with E-state index >= 15 is 0 Å². The molecule has 0 radical (unpaired) electrons. The van der Waals surface area contributed by atoms with Gasteiger partial charge in [0.1, 0.15) is 5.82 Å². The van der Waals surface area contributed by atoms with Crippen molar-refractivity contribution in [1.82, 2.24) is 14.3 Å². The van der Waals surface area contributed by atoms with Gasteiger partial charge in [0.15, 0.2) is 0 Å². The van der Waals surface area contributed by atoms with Gasteiger partial charge in [0, 0.05) is 38.1 Å². The van der Waals surface area contributed by atoms with E-state index in [1.807, 2.05) is 54.1 Å². The number of hydrogen-bond donors (Lipinski definition) is 0. The molecule has 28 heavy (non-hydrogen) atoms. The van der Waals surface area contributed by atoms with Crippen molar-refractivity contribution < 1.29 is 14.3 Å². The third-order valence-corrected chi connectivity index (χ3v) is 5.70. The Bertz CT molecular complexity index is 788. The summed E-state index contributed by atoms with van der Waals surface area (Å²) in [7, 11) is 1.86. The minimum Gasteiger partial charge on any atom is -0.466 e. The van der Waals surface area contributed by atoms with Crippen LogP contribution in [0, 0.1) is 5.92 Å². The van der Waals surface area contributed by atoms with Gasteiger partial charge in [-0.1, -0.05) is 30.3 Å². The van der Waals surface area contributed by atoms with Gasteiger partial charge in [0.25, 0.3) is 0 Å². The first kappa shape index (κ1) is 20.3. The molecule has 1 saturated heterocycles. The molecule has 3 rings (SSSR count). The topological polar surface area (TPSA) is 75.6 Å². The molecular formula is C20H26N4O3S. The van der Waals surface area contributed by atoms with Crippen molar-refractivity contribution in [3.05, 3.63) is 41.7 Å². The van der Waals surface area contributed by atoms with Gasteiger partial charge in [-0.15, -0.1) is 0 Å². The number of rotatable bonds is 7. The summed E-state index contributed by atoms with van der Waals surface area (Å²) in [4.78, 5) is 32.6. The number of anilines is 1. The minimum absolute atomic E-state index is 0.0459. The highest BCUT2D eigenvalue weighted by Gasteiger charge is 2.28. The Morgan fingerprint density at radius 1 is 1.25 bits per heavy atom. The normalized spacial score (nSPS) is 14.7. The van der Waals surface area contributed by atoms with Crippen LogP contribution >= 0.6 is 11.5 Å². The van der Waals surface area contributed by atoms with Gasteiger partial charge in [-0.3, -0.25) is 9.59 Å². The van der Waals surface area contributed by atoms with Crippen molar-refractivity contribution in [2.75, 3.05) is 38.2 Å². The highest BCUT2D eigenvalue weighted by Crippen LogP contribution is 2.21. The molecule has 0 bridgehead atoms. The average molecular weight is 403 g/mol. The van der Waals surface area contributed by atoms with Crippen LogP contribution in [0.15, 0.2) is 30.3 Å². The maximum Gasteiger partial charge on any atom is 0.309 e. The number of carbonyl (C=O) groups excluding carboxylic acids is 2. The van der Waals surface area contributed by atoms with Crippen LogP contribution in [0.1, 0.15) is 31.2 Å². The van der Waals surface area contributed by atoms with Crippen LogP contribution in [0.25, 0.3) is 0 Å². The molecule has 0 atom stereocenters. The van der Waals surface area contributed by atoms with Crippen molar-refractivity contribution >= 4 is 28.5 Å². The number of amides is 1. The predicted octanol–water partition coefficient (Wildman–Crippen LogP) is 2.37. The molecule has 2 heterocycles. The molecule has 150 valence electrons. The molecule has 1 fully saturated rings. The van der Waals surface area contributed by atoms with E-state index in [0.717, 1.165) is 16.5 Å². The highest BCUT2D eigenvalue weighted by molar-refractivity contribution is 7.09. The number of nitrogens with zero attached hydrogens (tertiary/aromatic N) is 4. The van der Waals surface area contributed by atoms with Gasteiger partial charge in [-0.25, -0.2) is 4.98 Å². The summed E-state index contributed by atoms with van der Waals surface area (Å²) in [5.74, 6) is 0.572. The molecule has 1 aliphatic heterocycles. The number of likely N-dealkylation sites (tertiary alicyclic amines) is 1. The summed E-state index contributed by atoms with van der Waals surface area (Å²) in [6.07, 6.45) is 2.00. The van der Waals surface area contributed by atoms with Crippen molar-refractivity contribution in [2.45, 2.75) is 26.2 Å². The maximum absolute atomic E-state index is 12.6. The van der Waals surface area contributed by atoms with E-state index in [1.165, 1.54) is 11.5 Å². The van der Waals surface area contributed by atoms with Crippen molar-refractivity contribution in [3.63, 3.8) is 0 Å². The van der Waals surface area contributed by atoms with Gasteiger partial charge < -0.3 is 14.5 Å². The Morgan fingerprint density at radius 3 is 2.64 bits per heavy atom. The van der Waals surface area contributed by atoms with Crippen LogP contribution in [0.5, 0.6) is 0 Å². The van der Waals surface area contributed by atoms with E-state index < -0.39 is 0 Å². The van der Waals surface area contributed by atoms with Gasteiger partial charge in [0.05, 0.1) is 19.1 Å². The number of ether oxygens (including phenoxy) is 1. The fraction of sp³-hybridized carbons (Fsp3) is 0.500. The van der Waals surface area contributed by atoms with E-state index in [4.69, 9.17) is 4.74 Å². The molecule has 2 aromatic rings. The third kappa shape index (κ3) is 5.28. The van der Waals surface area contributed by atoms with Gasteiger partial charge >= 0.3 is 5.97 Å². The number of aromatic nitrogens is 2. The maximum atomic E-state index is 12.6. The molecule has 1 aromatic carbocycles. The second kappa shape index (κ2) is 9.64. The Balaban J connectivity index is 1.49. The van der Waals surface area contributed by atoms with E-state index in [-0.39, 0.29) is 24.3 Å². The molecule has 7 nitrogen and oxygen atoms in total. The average Bonchev–Trinajstić information content (AvgIpc) is 3.17. The number of benzene rings is 1. The largest absolute Gasteiger partial charge is 0.466 e. The summed E-state index contributed by atoms with van der Waals surface area (Å²) in [6.45, 7) is 3.64. The third-order valence-electron chi connectivity index (χ3n) is 4.83. The zero-order chi connectivity index (χ0) is 19.9. The summed E-state index contributed by atoms with van der Waals surface area (Å²) < 4.78 is 9.49. The van der Waals surface area contributed by atoms with Crippen molar-refractivity contribution in [3.8, 4) is 0 Å². The van der Waals surface area contributed by atoms with E-state index in [9.17, 15) is 9.59 Å². The van der Waals surface area contributed by atoms with Gasteiger partial charge in [-0.05, 0) is 25.3 Å². The van der Waals surface area contributed by atoms with Crippen LogP contribution < -0.4 is 4.90 Å². The number of esters is 1. The van der Waals surface area contributed by atoms with Crippen LogP contribution in [0.2, 0.25) is 0 Å². The van der Waals surface area contributed by atoms with E-state index in [2.05, 4.69) is 9.36 Å². The lowest BCUT2D eigenvalue weighted by Gasteiger charge is -2.32. The van der Waals surface area contributed by atoms with Crippen molar-refractivity contribution in [1.29, 1.82) is 0 Å². The lowest BCUT2D eigenvalue weighted by molar-refractivity contribution is -0.151. The first-order chi connectivity index (χ1) is 13.6. The molecular weight excluding hydrogens is 376 g/mol. The lowest BCUT2D eigenvalue weighted by atomic mass is 9.97. The zero-order valence-electron chi connectivity index (χ0n) is 16.3. The molecule has 1 aliphatic rings. The Kier molecular flexibility index (Phi) is 6.97. The molecule has 0 aliphatic carbocycles. The molecule has 1 aromatic heterocycles. The monoisotopic (exact) mass is 402 g/mol. The first-order valence-electron chi connectivity index (χ1n) is 9.59. The lowest BCUT2D eigenvalue weighted by Crippen LogP contribution is -2.44. The first-order valence-corrected chi connectivity index (χ1v) is 10.4. The number of carbonyl (C=O) groups is 2. The van der Waals surface area contributed by atoms with Gasteiger partial charge in [-0.2, -0.15) is 4.37 Å². The molecule has 1 amide bonds. The molecule has 0 unspecified atom stereocenters. The van der Waals surface area contributed by atoms with Crippen LogP contribution in [-0.4, -0.2) is 59.4 Å². The van der Waals surface area contributed by atoms with Gasteiger partial charge in [0.2, 0.25) is 11.0 Å². The summed E-state index contributed by atoms with van der Waals surface area (Å²) in [6, 6.07) is 10.1. The SMILES string of the molecule is CCOC(=O)C1CCN(C(=O)CN(C)c2nc(Cc3ccccc3)ns2)CC1. The second-order valence-electron chi connectivity index (χ2n) is 6.92. The molecule has 8 heteroatoms. The van der Waals surface area contributed by atoms with Crippen molar-refractivity contribution in [2.24, 2.45) is 5.92 Å². The summed E-state index contributed by atoms with van der Waals surface area (Å²) in [5, 5.41) is 0.737. The van der Waals surface area contributed by atoms with E-state index in [1.54, 1.807) is 0 Å². The minimum atomic E-state index is -0.147. The Morgan fingerprint density at radius 2 is 1.96 bits per heavy atom. The van der Waals surface area contributed by atoms with Crippen LogP contribution in [-0.2, 0) is 20.7 Å². The number of likely N-dealkylation sites (N-methyl/N-ethyl adjacent to an activating group) is 1. The predicted molar refractivity (Wildman–Crippen MR) is 108 cm³/mol. The smallest absolute Gasteiger partial charge is 0.309 e. The Labute approximate surface area is 169 Å². The number of hydrogen-bond acceptors (Lipinski definition) is 7. The standard InChI is InChI=1S/C20H26N4O3S/c1-3-27-19(26)16-9-11-24(12-10-16)18(25)14-23(2)20-21-17(22-28-20)13-15-7-5-4-6-8-15/h4-8,16H,3,9-14H2,1-2H3. The molecule has 0 N–H and O–H groups in total. The Hall–Kier alpha value is -2.48. The fourth-order valence-corrected chi connectivity index (χ4v) is 3.89. The second-order valence-corrected chi connectivity index (χ2v) is 7.65. The summed E-state index contributed by atoms with van der Waals surface area (Å²) >= 11 is 1.31. The quantitative estimate of drug-likeness (QED) is 0.662. The molecule has 0 spiro atoms. The fourth-order valence-electron chi connectivity index (χ4n) is 3.25. The number of piperidine rings is 1. The summed E-state index contributed by atoms with van der Waals surface area (Å²) in [5.41, 5.74) is 1.16. The highest BCUT2D eigenvalue weighted by atomic mass is 32.1. The van der Waals surface area contributed by atoms with Crippen LogP contribution in [0.3, 0.4) is 0 Å². The van der Waals surface area contributed by atoms with Crippen LogP contribution in [0.4, 0.5) is 5.13 Å². The molecule has 0 saturated carbocycles. The zero-order valence-corrected chi connectivity index (χ0v) is 17.2.